The molecule has 0 bridgehead atoms. The predicted octanol–water partition coefficient (Wildman–Crippen LogP) is 1.26. The summed E-state index contributed by atoms with van der Waals surface area (Å²) in [6, 6.07) is 3.40. The summed E-state index contributed by atoms with van der Waals surface area (Å²) in [5.74, 6) is -0.390. The summed E-state index contributed by atoms with van der Waals surface area (Å²) in [7, 11) is 1.34. The van der Waals surface area contributed by atoms with Gasteiger partial charge in [0.2, 0.25) is 0 Å². The maximum Gasteiger partial charge on any atom is 0.339 e. The van der Waals surface area contributed by atoms with Crippen molar-refractivity contribution in [3.8, 4) is 11.4 Å². The van der Waals surface area contributed by atoms with E-state index in [1.165, 1.54) is 13.3 Å². The highest BCUT2D eigenvalue weighted by molar-refractivity contribution is 5.89. The molecule has 0 spiro atoms. The van der Waals surface area contributed by atoms with Gasteiger partial charge in [-0.3, -0.25) is 4.98 Å². The molecule has 0 radical (unpaired) electrons. The van der Waals surface area contributed by atoms with E-state index in [0.717, 1.165) is 11.4 Å². The molecule has 2 rings (SSSR count). The zero-order chi connectivity index (χ0) is 10.7. The Morgan fingerprint density at radius 1 is 1.40 bits per heavy atom. The maximum absolute atomic E-state index is 11.1. The van der Waals surface area contributed by atoms with E-state index in [0.29, 0.717) is 5.56 Å². The third-order valence-corrected chi connectivity index (χ3v) is 1.96. The highest BCUT2D eigenvalue weighted by Crippen LogP contribution is 2.13. The second-order valence-electron chi connectivity index (χ2n) is 2.89. The van der Waals surface area contributed by atoms with Crippen LogP contribution in [-0.4, -0.2) is 28.0 Å². The minimum absolute atomic E-state index is 0.390. The quantitative estimate of drug-likeness (QED) is 0.746. The number of esters is 1. The summed E-state index contributed by atoms with van der Waals surface area (Å²) in [4.78, 5) is 22.1. The van der Waals surface area contributed by atoms with E-state index in [-0.39, 0.29) is 0 Å². The summed E-state index contributed by atoms with van der Waals surface area (Å²) in [6.07, 6.45) is 4.72. The Labute approximate surface area is 86.1 Å². The number of nitrogens with one attached hydrogen (secondary N) is 1. The van der Waals surface area contributed by atoms with Crippen molar-refractivity contribution in [2.45, 2.75) is 0 Å². The molecule has 0 unspecified atom stereocenters. The molecule has 15 heavy (non-hydrogen) atoms. The third-order valence-electron chi connectivity index (χ3n) is 1.96. The van der Waals surface area contributed by atoms with E-state index in [1.807, 2.05) is 0 Å². The Kier molecular flexibility index (Phi) is 2.45. The van der Waals surface area contributed by atoms with Gasteiger partial charge in [-0.25, -0.2) is 9.78 Å². The highest BCUT2D eigenvalue weighted by atomic mass is 16.5. The third kappa shape index (κ3) is 1.85. The Morgan fingerprint density at radius 3 is 2.80 bits per heavy atom. The largest absolute Gasteiger partial charge is 0.465 e. The molecule has 1 N–H and O–H groups in total. The van der Waals surface area contributed by atoms with E-state index in [2.05, 4.69) is 19.7 Å². The van der Waals surface area contributed by atoms with Crippen molar-refractivity contribution >= 4 is 5.97 Å². The van der Waals surface area contributed by atoms with Gasteiger partial charge in [-0.2, -0.15) is 0 Å². The van der Waals surface area contributed by atoms with Gasteiger partial charge < -0.3 is 9.72 Å². The van der Waals surface area contributed by atoms with Gasteiger partial charge in [0, 0.05) is 6.20 Å². The molecule has 5 heteroatoms. The average Bonchev–Trinajstić information content (AvgIpc) is 2.82. The number of nitrogens with zero attached hydrogens (tertiary/aromatic N) is 2. The van der Waals surface area contributed by atoms with Crippen LogP contribution in [0.5, 0.6) is 0 Å². The lowest BCUT2D eigenvalue weighted by Gasteiger charge is -1.99. The fourth-order valence-electron chi connectivity index (χ4n) is 1.19. The molecule has 2 aromatic rings. The predicted molar refractivity (Wildman–Crippen MR) is 53.2 cm³/mol. The molecule has 76 valence electrons. The van der Waals surface area contributed by atoms with Crippen molar-refractivity contribution < 1.29 is 9.53 Å². The van der Waals surface area contributed by atoms with Crippen LogP contribution in [-0.2, 0) is 4.74 Å². The van der Waals surface area contributed by atoms with E-state index in [9.17, 15) is 4.79 Å². The fourth-order valence-corrected chi connectivity index (χ4v) is 1.19. The molecule has 0 atom stereocenters. The van der Waals surface area contributed by atoms with Gasteiger partial charge in [0.05, 0.1) is 36.6 Å². The molecule has 0 fully saturated rings. The smallest absolute Gasteiger partial charge is 0.339 e. The number of H-pyrrole nitrogens is 1. The number of rotatable bonds is 2. The van der Waals surface area contributed by atoms with Crippen molar-refractivity contribution in [2.75, 3.05) is 7.11 Å². The number of carbonyl (C=O) groups is 1. The van der Waals surface area contributed by atoms with Gasteiger partial charge in [-0.1, -0.05) is 0 Å². The van der Waals surface area contributed by atoms with Crippen LogP contribution in [0.1, 0.15) is 10.4 Å². The lowest BCUT2D eigenvalue weighted by atomic mass is 10.2. The van der Waals surface area contributed by atoms with Crippen LogP contribution in [0.4, 0.5) is 0 Å². The van der Waals surface area contributed by atoms with Gasteiger partial charge in [-0.15, -0.1) is 0 Å². The number of carbonyl (C=O) groups excluding carboxylic acids is 1. The summed E-state index contributed by atoms with van der Waals surface area (Å²) >= 11 is 0. The summed E-state index contributed by atoms with van der Waals surface area (Å²) < 4.78 is 4.57. The standard InChI is InChI=1S/C10H9N3O2/c1-15-10(14)7-2-3-8(12-4-7)9-5-11-6-13-9/h2-6H,1H3,(H,11,13). The minimum atomic E-state index is -0.390. The van der Waals surface area contributed by atoms with E-state index < -0.39 is 5.97 Å². The van der Waals surface area contributed by atoms with Crippen molar-refractivity contribution in [3.63, 3.8) is 0 Å². The van der Waals surface area contributed by atoms with Crippen molar-refractivity contribution in [3.05, 3.63) is 36.4 Å². The Morgan fingerprint density at radius 2 is 2.27 bits per heavy atom. The van der Waals surface area contributed by atoms with E-state index >= 15 is 0 Å². The molecule has 0 saturated carbocycles. The SMILES string of the molecule is COC(=O)c1ccc(-c2cnc[nH]2)nc1. The molecule has 0 aliphatic carbocycles. The molecule has 5 nitrogen and oxygen atoms in total. The van der Waals surface area contributed by atoms with Gasteiger partial charge >= 0.3 is 5.97 Å². The Balaban J connectivity index is 2.29. The summed E-state index contributed by atoms with van der Waals surface area (Å²) in [5.41, 5.74) is 1.98. The molecular formula is C10H9N3O2. The molecular weight excluding hydrogens is 194 g/mol. The number of aromatic nitrogens is 3. The first-order chi connectivity index (χ1) is 7.31. The lowest BCUT2D eigenvalue weighted by molar-refractivity contribution is 0.0600. The number of ether oxygens (including phenoxy) is 1. The molecule has 0 saturated heterocycles. The normalized spacial score (nSPS) is 9.93. The van der Waals surface area contributed by atoms with Crippen LogP contribution in [0, 0.1) is 0 Å². The van der Waals surface area contributed by atoms with Gasteiger partial charge in [-0.05, 0) is 12.1 Å². The highest BCUT2D eigenvalue weighted by Gasteiger charge is 2.06. The number of imidazole rings is 1. The zero-order valence-electron chi connectivity index (χ0n) is 8.10. The number of hydrogen-bond acceptors (Lipinski definition) is 4. The van der Waals surface area contributed by atoms with Crippen molar-refractivity contribution in [1.29, 1.82) is 0 Å². The van der Waals surface area contributed by atoms with Crippen molar-refractivity contribution in [2.24, 2.45) is 0 Å². The van der Waals surface area contributed by atoms with Gasteiger partial charge in [0.15, 0.2) is 0 Å². The molecule has 2 heterocycles. The van der Waals surface area contributed by atoms with Crippen LogP contribution in [0.2, 0.25) is 0 Å². The molecule has 0 aromatic carbocycles. The first-order valence-corrected chi connectivity index (χ1v) is 4.34. The van der Waals surface area contributed by atoms with Crippen LogP contribution < -0.4 is 0 Å². The number of methoxy groups -OCH3 is 1. The molecule has 0 aliphatic heterocycles. The molecule has 0 amide bonds. The average molecular weight is 203 g/mol. The van der Waals surface area contributed by atoms with E-state index in [1.54, 1.807) is 24.7 Å². The number of hydrogen-bond donors (Lipinski definition) is 1. The Bertz CT molecular complexity index is 448. The second-order valence-corrected chi connectivity index (χ2v) is 2.89. The molecule has 2 aromatic heterocycles. The minimum Gasteiger partial charge on any atom is -0.465 e. The number of pyridine rings is 1. The summed E-state index contributed by atoms with van der Waals surface area (Å²) in [5, 5.41) is 0. The first kappa shape index (κ1) is 9.39. The molecule has 0 aliphatic rings. The van der Waals surface area contributed by atoms with E-state index in [4.69, 9.17) is 0 Å². The van der Waals surface area contributed by atoms with Gasteiger partial charge in [0.25, 0.3) is 0 Å². The monoisotopic (exact) mass is 203 g/mol. The maximum atomic E-state index is 11.1. The Hall–Kier alpha value is -2.17. The lowest BCUT2D eigenvalue weighted by Crippen LogP contribution is -2.01. The number of aromatic amines is 1. The summed E-state index contributed by atoms with van der Waals surface area (Å²) in [6.45, 7) is 0. The topological polar surface area (TPSA) is 67.9 Å². The first-order valence-electron chi connectivity index (χ1n) is 4.34. The van der Waals surface area contributed by atoms with Crippen molar-refractivity contribution in [1.82, 2.24) is 15.0 Å². The van der Waals surface area contributed by atoms with Crippen LogP contribution in [0.25, 0.3) is 11.4 Å². The fraction of sp³-hybridized carbons (Fsp3) is 0.100. The van der Waals surface area contributed by atoms with Crippen LogP contribution in [0.15, 0.2) is 30.9 Å². The van der Waals surface area contributed by atoms with Gasteiger partial charge in [0.1, 0.15) is 0 Å². The second kappa shape index (κ2) is 3.91. The zero-order valence-corrected chi connectivity index (χ0v) is 8.10. The van der Waals surface area contributed by atoms with Crippen LogP contribution in [0.3, 0.4) is 0 Å². The van der Waals surface area contributed by atoms with Crippen LogP contribution >= 0.6 is 0 Å².